The van der Waals surface area contributed by atoms with Gasteiger partial charge in [0.05, 0.1) is 18.0 Å². The maximum Gasteiger partial charge on any atom is 0.276 e. The molecule has 0 aliphatic carbocycles. The number of aryl methyl sites for hydroxylation is 1. The van der Waals surface area contributed by atoms with Gasteiger partial charge >= 0.3 is 0 Å². The molecule has 0 unspecified atom stereocenters. The van der Waals surface area contributed by atoms with E-state index in [1.807, 2.05) is 43.0 Å². The zero-order valence-electron chi connectivity index (χ0n) is 15.4. The Morgan fingerprint density at radius 2 is 2.04 bits per heavy atom. The third-order valence-electron chi connectivity index (χ3n) is 4.37. The summed E-state index contributed by atoms with van der Waals surface area (Å²) in [6.45, 7) is 7.16. The van der Waals surface area contributed by atoms with Gasteiger partial charge in [0.25, 0.3) is 5.91 Å². The molecule has 1 saturated heterocycles. The first-order valence-corrected chi connectivity index (χ1v) is 8.78. The summed E-state index contributed by atoms with van der Waals surface area (Å²) in [7, 11) is 1.64. The average molecular weight is 359 g/mol. The molecule has 1 aliphatic heterocycles. The molecule has 1 N–H and O–H groups in total. The summed E-state index contributed by atoms with van der Waals surface area (Å²) in [4.78, 5) is 16.2. The molecule has 1 amide bonds. The smallest absolute Gasteiger partial charge is 0.276 e. The van der Waals surface area contributed by atoms with Crippen molar-refractivity contribution in [2.75, 3.05) is 40.0 Å². The lowest BCUT2D eigenvalue weighted by atomic mass is 10.2. The van der Waals surface area contributed by atoms with Crippen molar-refractivity contribution in [2.45, 2.75) is 19.9 Å². The molecular weight excluding hydrogens is 334 g/mol. The number of ether oxygens (including phenoxy) is 2. The Hall–Kier alpha value is -2.45. The number of nitrogens with zero attached hydrogens (tertiary/aromatic N) is 4. The van der Waals surface area contributed by atoms with E-state index in [9.17, 15) is 4.79 Å². The van der Waals surface area contributed by atoms with Crippen LogP contribution in [-0.4, -0.2) is 71.8 Å². The van der Waals surface area contributed by atoms with E-state index in [-0.39, 0.29) is 11.9 Å². The van der Waals surface area contributed by atoms with Crippen LogP contribution in [0.5, 0.6) is 5.75 Å². The molecule has 3 rings (SSSR count). The number of piperazine rings is 1. The molecule has 1 aliphatic rings. The molecule has 0 radical (unpaired) electrons. The fourth-order valence-corrected chi connectivity index (χ4v) is 2.89. The lowest BCUT2D eigenvalue weighted by Crippen LogP contribution is -2.52. The van der Waals surface area contributed by atoms with Crippen LogP contribution in [0.4, 0.5) is 0 Å². The van der Waals surface area contributed by atoms with Crippen LogP contribution in [-0.2, 0) is 4.74 Å². The molecule has 140 valence electrons. The predicted molar refractivity (Wildman–Crippen MR) is 96.8 cm³/mol. The first kappa shape index (κ1) is 18.3. The van der Waals surface area contributed by atoms with E-state index in [1.54, 1.807) is 7.11 Å². The van der Waals surface area contributed by atoms with Crippen LogP contribution in [0.25, 0.3) is 5.69 Å². The standard InChI is InChI=1S/C18H25N5O3/c1-13-12-19-8-9-22(13)18(24)17-14(2)20-23(21-17)15-4-6-16(7-5-15)26-11-10-25-3/h4-7,13,19H,8-12H2,1-3H3/t13-/m0/s1. The van der Waals surface area contributed by atoms with Gasteiger partial charge in [0.15, 0.2) is 5.69 Å². The van der Waals surface area contributed by atoms with Crippen LogP contribution >= 0.6 is 0 Å². The molecule has 1 aromatic heterocycles. The Morgan fingerprint density at radius 1 is 1.27 bits per heavy atom. The van der Waals surface area contributed by atoms with Crippen molar-refractivity contribution in [3.63, 3.8) is 0 Å². The van der Waals surface area contributed by atoms with Crippen molar-refractivity contribution in [1.82, 2.24) is 25.2 Å². The van der Waals surface area contributed by atoms with Gasteiger partial charge in [-0.05, 0) is 38.1 Å². The minimum atomic E-state index is -0.0673. The Bertz CT molecular complexity index is 744. The zero-order chi connectivity index (χ0) is 18.5. The lowest BCUT2D eigenvalue weighted by molar-refractivity contribution is 0.0648. The molecule has 8 nitrogen and oxygen atoms in total. The summed E-state index contributed by atoms with van der Waals surface area (Å²) in [6.07, 6.45) is 0. The maximum atomic E-state index is 12.8. The zero-order valence-corrected chi connectivity index (χ0v) is 15.4. The van der Waals surface area contributed by atoms with Crippen LogP contribution in [0.1, 0.15) is 23.1 Å². The van der Waals surface area contributed by atoms with Crippen LogP contribution in [0.15, 0.2) is 24.3 Å². The molecule has 0 saturated carbocycles. The van der Waals surface area contributed by atoms with Gasteiger partial charge in [0.1, 0.15) is 12.4 Å². The van der Waals surface area contributed by atoms with E-state index in [2.05, 4.69) is 15.5 Å². The van der Waals surface area contributed by atoms with Crippen LogP contribution < -0.4 is 10.1 Å². The van der Waals surface area contributed by atoms with Gasteiger partial charge in [-0.15, -0.1) is 5.10 Å². The second-order valence-electron chi connectivity index (χ2n) is 6.31. The SMILES string of the molecule is COCCOc1ccc(-n2nc(C)c(C(=O)N3CCNC[C@@H]3C)n2)cc1. The van der Waals surface area contributed by atoms with E-state index >= 15 is 0 Å². The minimum absolute atomic E-state index is 0.0673. The summed E-state index contributed by atoms with van der Waals surface area (Å²) in [5.74, 6) is 0.683. The highest BCUT2D eigenvalue weighted by Gasteiger charge is 2.27. The van der Waals surface area contributed by atoms with Crippen molar-refractivity contribution in [1.29, 1.82) is 0 Å². The number of nitrogens with one attached hydrogen (secondary N) is 1. The number of hydrogen-bond acceptors (Lipinski definition) is 6. The quantitative estimate of drug-likeness (QED) is 0.776. The second-order valence-corrected chi connectivity index (χ2v) is 6.31. The number of aromatic nitrogens is 3. The molecule has 0 spiro atoms. The molecule has 1 aromatic carbocycles. The van der Waals surface area contributed by atoms with Crippen molar-refractivity contribution >= 4 is 5.91 Å². The first-order valence-electron chi connectivity index (χ1n) is 8.78. The lowest BCUT2D eigenvalue weighted by Gasteiger charge is -2.33. The number of methoxy groups -OCH3 is 1. The van der Waals surface area contributed by atoms with Crippen LogP contribution in [0, 0.1) is 6.92 Å². The van der Waals surface area contributed by atoms with Gasteiger partial charge in [-0.2, -0.15) is 9.90 Å². The number of hydrogen-bond donors (Lipinski definition) is 1. The number of carbonyl (C=O) groups excluding carboxylic acids is 1. The Kier molecular flexibility index (Phi) is 5.85. The highest BCUT2D eigenvalue weighted by Crippen LogP contribution is 2.16. The van der Waals surface area contributed by atoms with Gasteiger partial charge in [0.2, 0.25) is 0 Å². The second kappa shape index (κ2) is 8.29. The highest BCUT2D eigenvalue weighted by atomic mass is 16.5. The number of benzene rings is 1. The highest BCUT2D eigenvalue weighted by molar-refractivity contribution is 5.93. The third-order valence-corrected chi connectivity index (χ3v) is 4.37. The summed E-state index contributed by atoms with van der Waals surface area (Å²) >= 11 is 0. The number of carbonyl (C=O) groups is 1. The Labute approximate surface area is 153 Å². The minimum Gasteiger partial charge on any atom is -0.491 e. The topological polar surface area (TPSA) is 81.5 Å². The molecule has 2 aromatic rings. The summed E-state index contributed by atoms with van der Waals surface area (Å²) < 4.78 is 10.5. The third kappa shape index (κ3) is 4.03. The van der Waals surface area contributed by atoms with E-state index < -0.39 is 0 Å². The summed E-state index contributed by atoms with van der Waals surface area (Å²) in [5.41, 5.74) is 1.81. The Morgan fingerprint density at radius 3 is 2.73 bits per heavy atom. The normalized spacial score (nSPS) is 17.3. The number of rotatable bonds is 6. The van der Waals surface area contributed by atoms with Gasteiger partial charge < -0.3 is 19.7 Å². The molecule has 0 bridgehead atoms. The molecule has 2 heterocycles. The molecule has 1 fully saturated rings. The molecule has 8 heteroatoms. The largest absolute Gasteiger partial charge is 0.491 e. The fraction of sp³-hybridized carbons (Fsp3) is 0.500. The van der Waals surface area contributed by atoms with Gasteiger partial charge in [-0.3, -0.25) is 4.79 Å². The maximum absolute atomic E-state index is 12.8. The molecule has 1 atom stereocenters. The average Bonchev–Trinajstić information content (AvgIpc) is 3.04. The fourth-order valence-electron chi connectivity index (χ4n) is 2.89. The van der Waals surface area contributed by atoms with Gasteiger partial charge in [0, 0.05) is 32.8 Å². The first-order chi connectivity index (χ1) is 12.6. The number of amides is 1. The molecule has 26 heavy (non-hydrogen) atoms. The van der Waals surface area contributed by atoms with Crippen molar-refractivity contribution in [3.05, 3.63) is 35.7 Å². The van der Waals surface area contributed by atoms with Crippen molar-refractivity contribution in [3.8, 4) is 11.4 Å². The van der Waals surface area contributed by atoms with Gasteiger partial charge in [-0.25, -0.2) is 0 Å². The van der Waals surface area contributed by atoms with Crippen LogP contribution in [0.2, 0.25) is 0 Å². The van der Waals surface area contributed by atoms with E-state index in [0.29, 0.717) is 31.1 Å². The van der Waals surface area contributed by atoms with Crippen molar-refractivity contribution < 1.29 is 14.3 Å². The Balaban J connectivity index is 1.74. The van der Waals surface area contributed by atoms with E-state index in [4.69, 9.17) is 9.47 Å². The van der Waals surface area contributed by atoms with E-state index in [0.717, 1.165) is 24.5 Å². The van der Waals surface area contributed by atoms with Gasteiger partial charge in [-0.1, -0.05) is 0 Å². The molecular formula is C18H25N5O3. The van der Waals surface area contributed by atoms with Crippen LogP contribution in [0.3, 0.4) is 0 Å². The van der Waals surface area contributed by atoms with E-state index in [1.165, 1.54) is 4.80 Å². The summed E-state index contributed by atoms with van der Waals surface area (Å²) in [6, 6.07) is 7.57. The summed E-state index contributed by atoms with van der Waals surface area (Å²) in [5, 5.41) is 12.1. The monoisotopic (exact) mass is 359 g/mol. The van der Waals surface area contributed by atoms with Crippen molar-refractivity contribution in [2.24, 2.45) is 0 Å². The predicted octanol–water partition coefficient (Wildman–Crippen LogP) is 1.03.